The zero-order valence-electron chi connectivity index (χ0n) is 12.6. The smallest absolute Gasteiger partial charge is 0.317 e. The Hall–Kier alpha value is -1.89. The second-order valence-corrected chi connectivity index (χ2v) is 5.96. The first-order valence-electron chi connectivity index (χ1n) is 6.72. The van der Waals surface area contributed by atoms with Crippen LogP contribution in [0.2, 0.25) is 0 Å². The van der Waals surface area contributed by atoms with Gasteiger partial charge in [0, 0.05) is 5.38 Å². The quantitative estimate of drug-likeness (QED) is 0.827. The number of nitrogens with zero attached hydrogens (tertiary/aromatic N) is 2. The van der Waals surface area contributed by atoms with Gasteiger partial charge in [-0.15, -0.1) is 11.3 Å². The van der Waals surface area contributed by atoms with E-state index in [2.05, 4.69) is 15.3 Å². The Balaban J connectivity index is 2.02. The Morgan fingerprint density at radius 2 is 2.29 bits per heavy atom. The largest absolute Gasteiger partial charge is 0.465 e. The number of aromatic nitrogens is 2. The lowest BCUT2D eigenvalue weighted by Gasteiger charge is -2.19. The van der Waals surface area contributed by atoms with E-state index in [1.807, 2.05) is 12.3 Å². The Morgan fingerprint density at radius 3 is 2.90 bits per heavy atom. The highest BCUT2D eigenvalue weighted by molar-refractivity contribution is 7.13. The summed E-state index contributed by atoms with van der Waals surface area (Å²) in [5.74, 6) is 1.11. The van der Waals surface area contributed by atoms with E-state index >= 15 is 0 Å². The number of anilines is 1. The van der Waals surface area contributed by atoms with Gasteiger partial charge in [-0.1, -0.05) is 0 Å². The second kappa shape index (κ2) is 6.26. The molecule has 6 nitrogen and oxygen atoms in total. The Labute approximate surface area is 127 Å². The molecule has 0 atom stereocenters. The lowest BCUT2D eigenvalue weighted by Crippen LogP contribution is -2.31. The van der Waals surface area contributed by atoms with Gasteiger partial charge in [0.2, 0.25) is 5.89 Å². The summed E-state index contributed by atoms with van der Waals surface area (Å²) in [4.78, 5) is 20.5. The molecule has 2 rings (SSSR count). The van der Waals surface area contributed by atoms with Crippen LogP contribution in [0.3, 0.4) is 0 Å². The highest BCUT2D eigenvalue weighted by atomic mass is 32.1. The number of hydrogen-bond donors (Lipinski definition) is 1. The van der Waals surface area contributed by atoms with Crippen molar-refractivity contribution in [3.63, 3.8) is 0 Å². The van der Waals surface area contributed by atoms with E-state index in [0.717, 1.165) is 10.9 Å². The van der Waals surface area contributed by atoms with Crippen molar-refractivity contribution in [2.24, 2.45) is 0 Å². The molecule has 21 heavy (non-hydrogen) atoms. The van der Waals surface area contributed by atoms with Gasteiger partial charge >= 0.3 is 5.97 Å². The van der Waals surface area contributed by atoms with E-state index in [0.29, 0.717) is 24.7 Å². The number of ether oxygens (including phenoxy) is 1. The van der Waals surface area contributed by atoms with Crippen molar-refractivity contribution >= 4 is 22.4 Å². The summed E-state index contributed by atoms with van der Waals surface area (Å²) in [6.45, 7) is 8.07. The van der Waals surface area contributed by atoms with Crippen LogP contribution in [0.5, 0.6) is 0 Å². The van der Waals surface area contributed by atoms with E-state index < -0.39 is 5.41 Å². The van der Waals surface area contributed by atoms with Crippen molar-refractivity contribution in [2.45, 2.75) is 39.7 Å². The third-order valence-electron chi connectivity index (χ3n) is 2.99. The summed E-state index contributed by atoms with van der Waals surface area (Å²) >= 11 is 1.44. The third kappa shape index (κ3) is 3.60. The fraction of sp³-hybridized carbons (Fsp3) is 0.500. The van der Waals surface area contributed by atoms with Gasteiger partial charge in [0.15, 0.2) is 5.13 Å². The number of nitrogens with one attached hydrogen (secondary N) is 1. The maximum absolute atomic E-state index is 12.0. The summed E-state index contributed by atoms with van der Waals surface area (Å²) in [5.41, 5.74) is -0.0663. The molecule has 7 heteroatoms. The van der Waals surface area contributed by atoms with Gasteiger partial charge in [-0.3, -0.25) is 4.79 Å². The number of aryl methyl sites for hydroxylation is 1. The highest BCUT2D eigenvalue weighted by Gasteiger charge is 2.33. The minimum Gasteiger partial charge on any atom is -0.465 e. The SMILES string of the molecule is CCOC(=O)C(C)(C)c1csc(NCc2ncc(C)o2)n1. The first-order valence-corrected chi connectivity index (χ1v) is 7.60. The molecule has 2 heterocycles. The molecule has 0 amide bonds. The van der Waals surface area contributed by atoms with Crippen molar-refractivity contribution in [3.05, 3.63) is 28.9 Å². The fourth-order valence-corrected chi connectivity index (χ4v) is 2.57. The number of thiazole rings is 1. The zero-order chi connectivity index (χ0) is 15.5. The van der Waals surface area contributed by atoms with Crippen LogP contribution in [0.15, 0.2) is 16.0 Å². The van der Waals surface area contributed by atoms with E-state index in [-0.39, 0.29) is 5.97 Å². The van der Waals surface area contributed by atoms with Gasteiger partial charge in [-0.25, -0.2) is 9.97 Å². The molecule has 114 valence electrons. The van der Waals surface area contributed by atoms with E-state index in [1.165, 1.54) is 11.3 Å². The summed E-state index contributed by atoms with van der Waals surface area (Å²) in [5, 5.41) is 5.72. The van der Waals surface area contributed by atoms with E-state index in [4.69, 9.17) is 9.15 Å². The van der Waals surface area contributed by atoms with Gasteiger partial charge in [0.1, 0.15) is 11.2 Å². The molecule has 0 aromatic carbocycles. The average molecular weight is 309 g/mol. The summed E-state index contributed by atoms with van der Waals surface area (Å²) in [7, 11) is 0. The molecule has 1 N–H and O–H groups in total. The predicted molar refractivity (Wildman–Crippen MR) is 80.3 cm³/mol. The molecule has 0 aliphatic heterocycles. The fourth-order valence-electron chi connectivity index (χ4n) is 1.69. The van der Waals surface area contributed by atoms with E-state index in [9.17, 15) is 4.79 Å². The van der Waals surface area contributed by atoms with Crippen LogP contribution in [-0.4, -0.2) is 22.5 Å². The minimum atomic E-state index is -0.758. The van der Waals surface area contributed by atoms with Crippen LogP contribution >= 0.6 is 11.3 Å². The maximum Gasteiger partial charge on any atom is 0.317 e. The summed E-state index contributed by atoms with van der Waals surface area (Å²) < 4.78 is 10.5. The molecule has 0 spiro atoms. The standard InChI is InChI=1S/C14H19N3O3S/c1-5-19-12(18)14(3,4)10-8-21-13(17-10)16-7-11-15-6-9(2)20-11/h6,8H,5,7H2,1-4H3,(H,16,17). The molecule has 2 aromatic rings. The Kier molecular flexibility index (Phi) is 4.62. The maximum atomic E-state index is 12.0. The monoisotopic (exact) mass is 309 g/mol. The molecule has 0 saturated carbocycles. The van der Waals surface area contributed by atoms with Crippen LogP contribution in [0.4, 0.5) is 5.13 Å². The lowest BCUT2D eigenvalue weighted by atomic mass is 9.90. The van der Waals surface area contributed by atoms with Crippen molar-refractivity contribution in [1.82, 2.24) is 9.97 Å². The molecular formula is C14H19N3O3S. The number of rotatable bonds is 6. The van der Waals surface area contributed by atoms with Gasteiger partial charge in [-0.05, 0) is 27.7 Å². The Morgan fingerprint density at radius 1 is 1.52 bits per heavy atom. The van der Waals surface area contributed by atoms with Crippen molar-refractivity contribution in [2.75, 3.05) is 11.9 Å². The molecular weight excluding hydrogens is 290 g/mol. The van der Waals surface area contributed by atoms with Crippen LogP contribution in [0.25, 0.3) is 0 Å². The van der Waals surface area contributed by atoms with Gasteiger partial charge in [0.25, 0.3) is 0 Å². The molecule has 0 bridgehead atoms. The number of carbonyl (C=O) groups is 1. The topological polar surface area (TPSA) is 77.2 Å². The molecule has 0 radical (unpaired) electrons. The van der Waals surface area contributed by atoms with Crippen molar-refractivity contribution < 1.29 is 13.9 Å². The van der Waals surface area contributed by atoms with Crippen LogP contribution in [0, 0.1) is 6.92 Å². The average Bonchev–Trinajstić information content (AvgIpc) is 3.05. The van der Waals surface area contributed by atoms with Gasteiger partial charge < -0.3 is 14.5 Å². The number of esters is 1. The second-order valence-electron chi connectivity index (χ2n) is 5.10. The normalized spacial score (nSPS) is 11.4. The highest BCUT2D eigenvalue weighted by Crippen LogP contribution is 2.28. The number of carbonyl (C=O) groups excluding carboxylic acids is 1. The van der Waals surface area contributed by atoms with Crippen LogP contribution < -0.4 is 5.32 Å². The number of oxazole rings is 1. The minimum absolute atomic E-state index is 0.273. The van der Waals surface area contributed by atoms with Crippen LogP contribution in [0.1, 0.15) is 38.1 Å². The zero-order valence-corrected chi connectivity index (χ0v) is 13.4. The van der Waals surface area contributed by atoms with E-state index in [1.54, 1.807) is 27.0 Å². The third-order valence-corrected chi connectivity index (χ3v) is 3.79. The predicted octanol–water partition coefficient (Wildman–Crippen LogP) is 2.89. The summed E-state index contributed by atoms with van der Waals surface area (Å²) in [6, 6.07) is 0. The molecule has 0 aliphatic carbocycles. The van der Waals surface area contributed by atoms with Gasteiger partial charge in [-0.2, -0.15) is 0 Å². The molecule has 0 fully saturated rings. The first-order chi connectivity index (χ1) is 9.93. The van der Waals surface area contributed by atoms with Crippen molar-refractivity contribution in [1.29, 1.82) is 0 Å². The van der Waals surface area contributed by atoms with Gasteiger partial charge in [0.05, 0.1) is 25.0 Å². The molecule has 0 saturated heterocycles. The van der Waals surface area contributed by atoms with Crippen LogP contribution in [-0.2, 0) is 21.5 Å². The lowest BCUT2D eigenvalue weighted by molar-refractivity contribution is -0.148. The number of hydrogen-bond acceptors (Lipinski definition) is 7. The molecule has 0 aliphatic rings. The first kappa shape index (κ1) is 15.5. The molecule has 0 unspecified atom stereocenters. The van der Waals surface area contributed by atoms with Crippen molar-refractivity contribution in [3.8, 4) is 0 Å². The summed E-state index contributed by atoms with van der Waals surface area (Å²) in [6.07, 6.45) is 1.67. The molecule has 2 aromatic heterocycles. The Bertz CT molecular complexity index is 619.